The number of carbonyl (C=O) groups is 2. The fraction of sp³-hybridized carbons (Fsp3) is 0.514. The van der Waals surface area contributed by atoms with E-state index in [1.165, 1.54) is 4.57 Å². The minimum atomic E-state index is -2.71. The first-order valence-electron chi connectivity index (χ1n) is 16.4. The van der Waals surface area contributed by atoms with Crippen LogP contribution in [0.15, 0.2) is 81.4 Å². The Kier molecular flexibility index (Phi) is 8.53. The molecular formula is C37H49N3O6Si. The predicted molar refractivity (Wildman–Crippen MR) is 186 cm³/mol. The SMILES string of the molecule is C[C@H]1C2=C(CC(COC(=O)C(C)(C)C)(COC(=O)C(C)(C)C)C2)[C@](C)([Si](C)(C)c2ccccc2)n2c(=O)n(-c3ccccc3)c(=O)n21. The van der Waals surface area contributed by atoms with Crippen LogP contribution in [-0.4, -0.2) is 47.2 Å². The second-order valence-electron chi connectivity index (χ2n) is 16.1. The molecule has 2 heterocycles. The molecule has 1 aliphatic carbocycles. The largest absolute Gasteiger partial charge is 0.465 e. The summed E-state index contributed by atoms with van der Waals surface area (Å²) in [4.78, 5) is 55.2. The van der Waals surface area contributed by atoms with Gasteiger partial charge in [0.05, 0.1) is 27.7 Å². The number of aromatic nitrogens is 3. The smallest absolute Gasteiger partial charge is 0.352 e. The van der Waals surface area contributed by atoms with Gasteiger partial charge in [0, 0.05) is 5.41 Å². The third-order valence-corrected chi connectivity index (χ3v) is 15.1. The molecule has 10 heteroatoms. The zero-order chi connectivity index (χ0) is 34.7. The van der Waals surface area contributed by atoms with Gasteiger partial charge < -0.3 is 9.47 Å². The summed E-state index contributed by atoms with van der Waals surface area (Å²) < 4.78 is 16.6. The number of hydrogen-bond acceptors (Lipinski definition) is 6. The number of ether oxygens (including phenoxy) is 2. The Balaban J connectivity index is 1.72. The third-order valence-electron chi connectivity index (χ3n) is 10.3. The lowest BCUT2D eigenvalue weighted by Crippen LogP contribution is -2.67. The number of nitrogens with zero attached hydrogens (tertiary/aromatic N) is 3. The van der Waals surface area contributed by atoms with E-state index in [2.05, 4.69) is 32.2 Å². The van der Waals surface area contributed by atoms with Gasteiger partial charge in [-0.1, -0.05) is 66.8 Å². The van der Waals surface area contributed by atoms with Gasteiger partial charge in [-0.15, -0.1) is 0 Å². The Morgan fingerprint density at radius 2 is 1.30 bits per heavy atom. The molecule has 2 aliphatic rings. The van der Waals surface area contributed by atoms with Crippen LogP contribution in [0.2, 0.25) is 13.1 Å². The highest BCUT2D eigenvalue weighted by Crippen LogP contribution is 2.55. The maximum Gasteiger partial charge on any atom is 0.352 e. The Morgan fingerprint density at radius 3 is 1.79 bits per heavy atom. The summed E-state index contributed by atoms with van der Waals surface area (Å²) in [5.41, 5.74) is -0.403. The first kappa shape index (κ1) is 34.4. The van der Waals surface area contributed by atoms with E-state index in [0.717, 1.165) is 16.3 Å². The van der Waals surface area contributed by atoms with E-state index in [1.54, 1.807) is 21.5 Å². The summed E-state index contributed by atoms with van der Waals surface area (Å²) in [6, 6.07) is 18.8. The minimum Gasteiger partial charge on any atom is -0.465 e. The molecule has 0 fully saturated rings. The van der Waals surface area contributed by atoms with Crippen LogP contribution in [0.3, 0.4) is 0 Å². The van der Waals surface area contributed by atoms with Crippen LogP contribution in [0, 0.1) is 16.2 Å². The van der Waals surface area contributed by atoms with Gasteiger partial charge in [-0.2, -0.15) is 0 Å². The molecule has 9 nitrogen and oxygen atoms in total. The van der Waals surface area contributed by atoms with Gasteiger partial charge in [-0.25, -0.2) is 23.5 Å². The van der Waals surface area contributed by atoms with Crippen molar-refractivity contribution in [3.05, 3.63) is 92.8 Å². The number of carbonyl (C=O) groups excluding carboxylic acids is 2. The van der Waals surface area contributed by atoms with Crippen molar-refractivity contribution in [2.45, 2.75) is 92.5 Å². The summed E-state index contributed by atoms with van der Waals surface area (Å²) in [5, 5.41) is 0.245. The molecule has 0 saturated carbocycles. The zero-order valence-electron chi connectivity index (χ0n) is 29.5. The van der Waals surface area contributed by atoms with Crippen LogP contribution in [0.4, 0.5) is 0 Å². The molecule has 0 radical (unpaired) electrons. The molecule has 0 unspecified atom stereocenters. The maximum atomic E-state index is 14.6. The van der Waals surface area contributed by atoms with E-state index < -0.39 is 46.9 Å². The lowest BCUT2D eigenvalue weighted by molar-refractivity contribution is -0.163. The summed E-state index contributed by atoms with van der Waals surface area (Å²) in [7, 11) is -2.71. The van der Waals surface area contributed by atoms with Crippen LogP contribution >= 0.6 is 0 Å². The zero-order valence-corrected chi connectivity index (χ0v) is 30.5. The highest BCUT2D eigenvalue weighted by Gasteiger charge is 2.59. The maximum absolute atomic E-state index is 14.6. The Morgan fingerprint density at radius 1 is 0.809 bits per heavy atom. The van der Waals surface area contributed by atoms with E-state index in [0.29, 0.717) is 18.5 Å². The van der Waals surface area contributed by atoms with Crippen molar-refractivity contribution in [3.8, 4) is 5.69 Å². The van der Waals surface area contributed by atoms with Crippen molar-refractivity contribution in [2.24, 2.45) is 16.2 Å². The first-order valence-corrected chi connectivity index (χ1v) is 19.4. The summed E-state index contributed by atoms with van der Waals surface area (Å²) in [6.07, 6.45) is 0.892. The summed E-state index contributed by atoms with van der Waals surface area (Å²) >= 11 is 0. The monoisotopic (exact) mass is 659 g/mol. The van der Waals surface area contributed by atoms with Gasteiger partial charge in [0.1, 0.15) is 21.3 Å². The van der Waals surface area contributed by atoms with Crippen molar-refractivity contribution in [3.63, 3.8) is 0 Å². The summed E-state index contributed by atoms with van der Waals surface area (Å²) in [5.74, 6) is -0.682. The van der Waals surface area contributed by atoms with Crippen molar-refractivity contribution >= 4 is 25.2 Å². The van der Waals surface area contributed by atoms with Crippen LogP contribution in [0.1, 0.15) is 74.3 Å². The standard InChI is InChI=1S/C37H49N3O6Si/c1-25-28-21-37(23-45-30(41)34(2,3)4,24-46-31(42)35(5,6)7)22-29(28)36(8,47(9,10)27-19-15-12-16-20-27)40-33(44)38(32(43)39(25)40)26-17-13-11-14-18-26/h11-20,25H,21-24H2,1-10H3/t25-,36-/m0/s1. The number of hydrogen-bond donors (Lipinski definition) is 0. The molecule has 0 N–H and O–H groups in total. The Bertz CT molecular complexity index is 1810. The van der Waals surface area contributed by atoms with Crippen molar-refractivity contribution in [1.82, 2.24) is 13.9 Å². The van der Waals surface area contributed by atoms with E-state index in [9.17, 15) is 19.2 Å². The Hall–Kier alpha value is -3.92. The van der Waals surface area contributed by atoms with Crippen LogP contribution in [0.25, 0.3) is 5.69 Å². The molecule has 0 amide bonds. The number of fused-ring (bicyclic) bond motifs is 1. The van der Waals surface area contributed by atoms with Gasteiger partial charge in [-0.05, 0) is 91.5 Å². The van der Waals surface area contributed by atoms with Crippen LogP contribution < -0.4 is 16.6 Å². The molecule has 5 rings (SSSR count). The van der Waals surface area contributed by atoms with Crippen LogP contribution in [-0.2, 0) is 24.2 Å². The summed E-state index contributed by atoms with van der Waals surface area (Å²) in [6.45, 7) is 19.5. The average molecular weight is 660 g/mol. The van der Waals surface area contributed by atoms with E-state index in [-0.39, 0.29) is 25.2 Å². The van der Waals surface area contributed by atoms with Gasteiger partial charge in [0.25, 0.3) is 0 Å². The number of esters is 2. The second kappa shape index (κ2) is 11.6. The minimum absolute atomic E-state index is 0.0433. The molecule has 252 valence electrons. The van der Waals surface area contributed by atoms with Crippen molar-refractivity contribution in [1.29, 1.82) is 0 Å². The molecule has 0 bridgehead atoms. The molecule has 0 saturated heterocycles. The number of allylic oxidation sites excluding steroid dienone is 2. The molecular weight excluding hydrogens is 611 g/mol. The quantitative estimate of drug-likeness (QED) is 0.189. The number of para-hydroxylation sites is 1. The van der Waals surface area contributed by atoms with E-state index in [4.69, 9.17) is 9.47 Å². The lowest BCUT2D eigenvalue weighted by atomic mass is 9.84. The molecule has 2 atom stereocenters. The third kappa shape index (κ3) is 5.68. The Labute approximate surface area is 278 Å². The molecule has 47 heavy (non-hydrogen) atoms. The fourth-order valence-electron chi connectivity index (χ4n) is 7.12. The van der Waals surface area contributed by atoms with Crippen LogP contribution in [0.5, 0.6) is 0 Å². The van der Waals surface area contributed by atoms with E-state index in [1.807, 2.05) is 84.9 Å². The predicted octanol–water partition coefficient (Wildman–Crippen LogP) is 5.50. The molecule has 0 spiro atoms. The fourth-order valence-corrected chi connectivity index (χ4v) is 10.4. The van der Waals surface area contributed by atoms with Gasteiger partial charge in [-0.3, -0.25) is 9.59 Å². The normalized spacial score (nSPS) is 20.9. The molecule has 3 aromatic rings. The van der Waals surface area contributed by atoms with Gasteiger partial charge in [0.2, 0.25) is 0 Å². The number of rotatable bonds is 7. The highest BCUT2D eigenvalue weighted by molar-refractivity contribution is 6.92. The topological polar surface area (TPSA) is 102 Å². The van der Waals surface area contributed by atoms with Gasteiger partial charge >= 0.3 is 23.3 Å². The first-order chi connectivity index (χ1) is 21.8. The second-order valence-corrected chi connectivity index (χ2v) is 20.9. The molecule has 1 aliphatic heterocycles. The van der Waals surface area contributed by atoms with Gasteiger partial charge in [0.15, 0.2) is 0 Å². The molecule has 2 aromatic carbocycles. The van der Waals surface area contributed by atoms with Crippen molar-refractivity contribution in [2.75, 3.05) is 13.2 Å². The average Bonchev–Trinajstić information content (AvgIpc) is 3.53. The lowest BCUT2D eigenvalue weighted by Gasteiger charge is -2.49. The molecule has 1 aromatic heterocycles. The van der Waals surface area contributed by atoms with Crippen molar-refractivity contribution < 1.29 is 19.1 Å². The van der Waals surface area contributed by atoms with E-state index >= 15 is 0 Å². The highest BCUT2D eigenvalue weighted by atomic mass is 28.3. The number of benzene rings is 2.